The van der Waals surface area contributed by atoms with Crippen molar-refractivity contribution in [3.05, 3.63) is 58.1 Å². The van der Waals surface area contributed by atoms with Crippen LogP contribution in [0, 0.1) is 10.1 Å². The lowest BCUT2D eigenvalue weighted by Gasteiger charge is -2.14. The number of rotatable bonds is 7. The normalized spacial score (nSPS) is 10.7. The summed E-state index contributed by atoms with van der Waals surface area (Å²) in [6, 6.07) is 11.1. The van der Waals surface area contributed by atoms with Gasteiger partial charge in [0.2, 0.25) is 5.75 Å². The fraction of sp³-hybridized carbons (Fsp3) is 0.222. The van der Waals surface area contributed by atoms with E-state index in [0.717, 1.165) is 0 Å². The third kappa shape index (κ3) is 5.70. The Hall–Kier alpha value is -3.62. The first-order valence-corrected chi connectivity index (χ1v) is 8.09. The number of urea groups is 1. The summed E-state index contributed by atoms with van der Waals surface area (Å²) in [4.78, 5) is 22.6. The first-order chi connectivity index (χ1) is 12.9. The molecule has 0 aliphatic rings. The molecular formula is C18H20N4O5. The highest BCUT2D eigenvalue weighted by Crippen LogP contribution is 2.38. The summed E-state index contributed by atoms with van der Waals surface area (Å²) < 4.78 is 10.7. The number of amides is 2. The van der Waals surface area contributed by atoms with Crippen LogP contribution in [0.5, 0.6) is 11.5 Å². The van der Waals surface area contributed by atoms with E-state index >= 15 is 0 Å². The number of nitrogens with one attached hydrogen (secondary N) is 2. The molecule has 0 atom stereocenters. The van der Waals surface area contributed by atoms with Crippen molar-refractivity contribution in [2.24, 2.45) is 5.10 Å². The largest absolute Gasteiger partial charge is 0.493 e. The molecule has 2 rings (SSSR count). The average Bonchev–Trinajstić information content (AvgIpc) is 2.62. The van der Waals surface area contributed by atoms with Crippen molar-refractivity contribution in [1.29, 1.82) is 0 Å². The molecule has 9 nitrogen and oxygen atoms in total. The third-order valence-corrected chi connectivity index (χ3v) is 3.24. The molecule has 0 unspecified atom stereocenters. The number of nitrogens with zero attached hydrogens (tertiary/aromatic N) is 2. The van der Waals surface area contributed by atoms with Crippen molar-refractivity contribution in [2.75, 3.05) is 12.4 Å². The third-order valence-electron chi connectivity index (χ3n) is 3.24. The molecule has 0 aromatic heterocycles. The SMILES string of the molecule is COc1cc(/C=N/NC(=O)Nc2ccccc2)cc([N+](=O)[O-])c1OC(C)C. The molecule has 2 aromatic carbocycles. The number of hydrogen-bond acceptors (Lipinski definition) is 6. The van der Waals surface area contributed by atoms with E-state index in [1.165, 1.54) is 25.5 Å². The van der Waals surface area contributed by atoms with Crippen LogP contribution in [-0.4, -0.2) is 30.4 Å². The van der Waals surface area contributed by atoms with Crippen molar-refractivity contribution in [2.45, 2.75) is 20.0 Å². The van der Waals surface area contributed by atoms with Gasteiger partial charge in [-0.25, -0.2) is 10.2 Å². The molecule has 9 heteroatoms. The molecule has 0 heterocycles. The van der Waals surface area contributed by atoms with Crippen LogP contribution in [0.4, 0.5) is 16.2 Å². The first kappa shape index (κ1) is 19.7. The smallest absolute Gasteiger partial charge is 0.339 e. The van der Waals surface area contributed by atoms with Gasteiger partial charge in [0, 0.05) is 17.3 Å². The molecule has 0 aliphatic heterocycles. The van der Waals surface area contributed by atoms with Gasteiger partial charge in [-0.05, 0) is 32.0 Å². The number of ether oxygens (including phenoxy) is 2. The van der Waals surface area contributed by atoms with E-state index in [1.807, 2.05) is 6.07 Å². The van der Waals surface area contributed by atoms with E-state index in [0.29, 0.717) is 11.3 Å². The second-order valence-electron chi connectivity index (χ2n) is 5.69. The molecule has 0 fully saturated rings. The fourth-order valence-corrected chi connectivity index (χ4v) is 2.17. The minimum Gasteiger partial charge on any atom is -0.493 e. The quantitative estimate of drug-likeness (QED) is 0.438. The topological polar surface area (TPSA) is 115 Å². The molecule has 2 N–H and O–H groups in total. The number of methoxy groups -OCH3 is 1. The lowest BCUT2D eigenvalue weighted by Crippen LogP contribution is -2.24. The van der Waals surface area contributed by atoms with Crippen molar-refractivity contribution in [3.8, 4) is 11.5 Å². The van der Waals surface area contributed by atoms with Gasteiger partial charge >= 0.3 is 11.7 Å². The predicted octanol–water partition coefficient (Wildman–Crippen LogP) is 3.55. The van der Waals surface area contributed by atoms with Crippen molar-refractivity contribution >= 4 is 23.6 Å². The molecule has 0 radical (unpaired) electrons. The maximum atomic E-state index is 11.8. The lowest BCUT2D eigenvalue weighted by atomic mass is 10.2. The number of hydrogen-bond donors (Lipinski definition) is 2. The summed E-state index contributed by atoms with van der Waals surface area (Å²) in [7, 11) is 1.39. The Kier molecular flexibility index (Phi) is 6.70. The number of benzene rings is 2. The highest BCUT2D eigenvalue weighted by molar-refractivity contribution is 5.90. The monoisotopic (exact) mass is 372 g/mol. The molecule has 27 heavy (non-hydrogen) atoms. The van der Waals surface area contributed by atoms with Crippen molar-refractivity contribution < 1.29 is 19.2 Å². The number of carbonyl (C=O) groups excluding carboxylic acids is 1. The maximum Gasteiger partial charge on any atom is 0.339 e. The van der Waals surface area contributed by atoms with Gasteiger partial charge in [0.15, 0.2) is 5.75 Å². The fourth-order valence-electron chi connectivity index (χ4n) is 2.17. The van der Waals surface area contributed by atoms with E-state index in [1.54, 1.807) is 38.1 Å². The van der Waals surface area contributed by atoms with Gasteiger partial charge in [-0.15, -0.1) is 0 Å². The van der Waals surface area contributed by atoms with E-state index in [-0.39, 0.29) is 23.3 Å². The summed E-state index contributed by atoms with van der Waals surface area (Å²) in [5.41, 5.74) is 3.02. The van der Waals surface area contributed by atoms with Crippen LogP contribution < -0.4 is 20.2 Å². The molecule has 0 saturated heterocycles. The van der Waals surface area contributed by atoms with Crippen molar-refractivity contribution in [1.82, 2.24) is 5.43 Å². The molecule has 0 aliphatic carbocycles. The zero-order valence-corrected chi connectivity index (χ0v) is 15.1. The second kappa shape index (κ2) is 9.18. The predicted molar refractivity (Wildman–Crippen MR) is 102 cm³/mol. The minimum atomic E-state index is -0.562. The zero-order chi connectivity index (χ0) is 19.8. The molecule has 0 bridgehead atoms. The molecule has 2 amide bonds. The Morgan fingerprint density at radius 1 is 1.26 bits per heavy atom. The van der Waals surface area contributed by atoms with Crippen LogP contribution in [0.1, 0.15) is 19.4 Å². The number of anilines is 1. The van der Waals surface area contributed by atoms with Gasteiger partial charge < -0.3 is 14.8 Å². The molecule has 0 spiro atoms. The van der Waals surface area contributed by atoms with Crippen LogP contribution in [0.15, 0.2) is 47.6 Å². The first-order valence-electron chi connectivity index (χ1n) is 8.09. The van der Waals surface area contributed by atoms with Crippen LogP contribution in [0.3, 0.4) is 0 Å². The molecule has 0 saturated carbocycles. The molecular weight excluding hydrogens is 352 g/mol. The number of nitro benzene ring substituents is 1. The zero-order valence-electron chi connectivity index (χ0n) is 15.1. The maximum absolute atomic E-state index is 11.8. The van der Waals surface area contributed by atoms with Gasteiger partial charge in [0.25, 0.3) is 0 Å². The summed E-state index contributed by atoms with van der Waals surface area (Å²) >= 11 is 0. The summed E-state index contributed by atoms with van der Waals surface area (Å²) in [6.45, 7) is 3.52. The van der Waals surface area contributed by atoms with Gasteiger partial charge in [0.05, 0.1) is 24.4 Å². The van der Waals surface area contributed by atoms with Crippen LogP contribution in [-0.2, 0) is 0 Å². The Bertz CT molecular complexity index is 837. The van der Waals surface area contributed by atoms with Gasteiger partial charge in [0.1, 0.15) is 0 Å². The number of para-hydroxylation sites is 1. The average molecular weight is 372 g/mol. The summed E-state index contributed by atoms with van der Waals surface area (Å²) in [6.07, 6.45) is 1.01. The lowest BCUT2D eigenvalue weighted by molar-refractivity contribution is -0.386. The Labute approximate surface area is 156 Å². The van der Waals surface area contributed by atoms with Crippen LogP contribution >= 0.6 is 0 Å². The highest BCUT2D eigenvalue weighted by Gasteiger charge is 2.22. The Balaban J connectivity index is 2.15. The van der Waals surface area contributed by atoms with E-state index in [2.05, 4.69) is 15.8 Å². The Morgan fingerprint density at radius 2 is 1.96 bits per heavy atom. The van der Waals surface area contributed by atoms with E-state index in [9.17, 15) is 14.9 Å². The Morgan fingerprint density at radius 3 is 2.56 bits per heavy atom. The highest BCUT2D eigenvalue weighted by atomic mass is 16.6. The number of carbonyl (C=O) groups is 1. The van der Waals surface area contributed by atoms with Crippen LogP contribution in [0.2, 0.25) is 0 Å². The van der Waals surface area contributed by atoms with Gasteiger partial charge in [-0.3, -0.25) is 10.1 Å². The van der Waals surface area contributed by atoms with Crippen molar-refractivity contribution in [3.63, 3.8) is 0 Å². The second-order valence-corrected chi connectivity index (χ2v) is 5.69. The summed E-state index contributed by atoms with van der Waals surface area (Å²) in [5, 5.41) is 17.7. The number of nitro groups is 1. The standard InChI is InChI=1S/C18H20N4O5/c1-12(2)27-17-15(22(24)25)9-13(10-16(17)26-3)11-19-21-18(23)20-14-7-5-4-6-8-14/h4-12H,1-3H3,(H2,20,21,23)/b19-11+. The van der Waals surface area contributed by atoms with Gasteiger partial charge in [-0.1, -0.05) is 18.2 Å². The summed E-state index contributed by atoms with van der Waals surface area (Å²) in [5.74, 6) is 0.248. The minimum absolute atomic E-state index is 0.0458. The number of hydrazone groups is 1. The molecule has 2 aromatic rings. The van der Waals surface area contributed by atoms with Crippen LogP contribution in [0.25, 0.3) is 0 Å². The van der Waals surface area contributed by atoms with E-state index < -0.39 is 11.0 Å². The molecule has 142 valence electrons. The van der Waals surface area contributed by atoms with E-state index in [4.69, 9.17) is 9.47 Å². The van der Waals surface area contributed by atoms with Gasteiger partial charge in [-0.2, -0.15) is 5.10 Å².